The van der Waals surface area contributed by atoms with Gasteiger partial charge in [-0.3, -0.25) is 9.59 Å². The second-order valence-electron chi connectivity index (χ2n) is 6.22. The summed E-state index contributed by atoms with van der Waals surface area (Å²) in [7, 11) is 0. The van der Waals surface area contributed by atoms with Crippen LogP contribution in [0, 0.1) is 12.8 Å². The van der Waals surface area contributed by atoms with Crippen LogP contribution >= 0.6 is 11.8 Å². The lowest BCUT2D eigenvalue weighted by atomic mass is 9.84. The number of anilines is 1. The molecule has 1 aromatic rings. The lowest BCUT2D eigenvalue weighted by Crippen LogP contribution is -2.45. The summed E-state index contributed by atoms with van der Waals surface area (Å²) in [6.45, 7) is 4.13. The van der Waals surface area contributed by atoms with Gasteiger partial charge in [-0.15, -0.1) is 11.8 Å². The Bertz CT molecular complexity index is 563. The van der Waals surface area contributed by atoms with E-state index in [9.17, 15) is 9.59 Å². The molecule has 0 saturated heterocycles. The number of carbonyl (C=O) groups is 2. The van der Waals surface area contributed by atoms with Crippen LogP contribution in [0.25, 0.3) is 0 Å². The van der Waals surface area contributed by atoms with Gasteiger partial charge in [-0.25, -0.2) is 0 Å². The van der Waals surface area contributed by atoms with Crippen LogP contribution in [0.15, 0.2) is 10.6 Å². The number of rotatable bonds is 7. The minimum atomic E-state index is -0.357. The molecule has 1 heterocycles. The first kappa shape index (κ1) is 18.8. The van der Waals surface area contributed by atoms with E-state index in [0.29, 0.717) is 24.0 Å². The van der Waals surface area contributed by atoms with Gasteiger partial charge in [0.25, 0.3) is 0 Å². The summed E-state index contributed by atoms with van der Waals surface area (Å²) >= 11 is 1.30. The molecule has 2 amide bonds. The van der Waals surface area contributed by atoms with Crippen LogP contribution in [0.3, 0.4) is 0 Å². The largest absolute Gasteiger partial charge is 0.360 e. The maximum Gasteiger partial charge on any atom is 0.238 e. The molecular formula is C16H26N4O3S. The molecular weight excluding hydrogens is 328 g/mol. The molecule has 24 heavy (non-hydrogen) atoms. The molecule has 0 radical (unpaired) electrons. The van der Waals surface area contributed by atoms with Gasteiger partial charge in [-0.05, 0) is 39.2 Å². The van der Waals surface area contributed by atoms with E-state index < -0.39 is 0 Å². The number of aromatic nitrogens is 1. The Morgan fingerprint density at radius 1 is 1.46 bits per heavy atom. The quantitative estimate of drug-likeness (QED) is 0.687. The fourth-order valence-corrected chi connectivity index (χ4v) is 3.55. The molecule has 1 fully saturated rings. The van der Waals surface area contributed by atoms with Gasteiger partial charge >= 0.3 is 0 Å². The summed E-state index contributed by atoms with van der Waals surface area (Å²) in [5.74, 6) is 1.40. The third-order valence-corrected chi connectivity index (χ3v) is 5.41. The second kappa shape index (κ2) is 9.08. The zero-order chi connectivity index (χ0) is 17.5. The van der Waals surface area contributed by atoms with E-state index in [1.54, 1.807) is 19.9 Å². The first-order chi connectivity index (χ1) is 11.5. The van der Waals surface area contributed by atoms with Gasteiger partial charge in [-0.1, -0.05) is 18.0 Å². The van der Waals surface area contributed by atoms with Gasteiger partial charge in [-0.2, -0.15) is 0 Å². The van der Waals surface area contributed by atoms with Crippen molar-refractivity contribution in [2.75, 3.05) is 17.6 Å². The van der Waals surface area contributed by atoms with E-state index in [4.69, 9.17) is 10.3 Å². The number of hydrogen-bond donors (Lipinski definition) is 3. The minimum absolute atomic E-state index is 0.0396. The second-order valence-corrected chi connectivity index (χ2v) is 7.55. The monoisotopic (exact) mass is 354 g/mol. The van der Waals surface area contributed by atoms with Gasteiger partial charge in [0.15, 0.2) is 5.82 Å². The first-order valence-electron chi connectivity index (χ1n) is 8.34. The Balaban J connectivity index is 1.73. The molecule has 8 heteroatoms. The highest BCUT2D eigenvalue weighted by atomic mass is 32.2. The normalized spacial score (nSPS) is 22.0. The molecule has 1 aliphatic carbocycles. The Morgan fingerprint density at radius 3 is 2.88 bits per heavy atom. The zero-order valence-electron chi connectivity index (χ0n) is 14.2. The maximum absolute atomic E-state index is 12.1. The van der Waals surface area contributed by atoms with Gasteiger partial charge in [0.1, 0.15) is 5.76 Å². The predicted molar refractivity (Wildman–Crippen MR) is 94.7 cm³/mol. The summed E-state index contributed by atoms with van der Waals surface area (Å²) in [5.41, 5.74) is 5.78. The highest BCUT2D eigenvalue weighted by molar-refractivity contribution is 8.01. The number of nitrogens with zero attached hydrogens (tertiary/aromatic N) is 1. The van der Waals surface area contributed by atoms with Gasteiger partial charge < -0.3 is 20.9 Å². The smallest absolute Gasteiger partial charge is 0.238 e. The molecule has 0 aromatic carbocycles. The fourth-order valence-electron chi connectivity index (χ4n) is 2.86. The summed E-state index contributed by atoms with van der Waals surface area (Å²) < 4.78 is 4.90. The highest BCUT2D eigenvalue weighted by Gasteiger charge is 2.25. The lowest BCUT2D eigenvalue weighted by Gasteiger charge is -2.31. The van der Waals surface area contributed by atoms with E-state index in [0.717, 1.165) is 19.3 Å². The molecule has 1 saturated carbocycles. The van der Waals surface area contributed by atoms with E-state index in [1.165, 1.54) is 18.2 Å². The van der Waals surface area contributed by atoms with Gasteiger partial charge in [0.05, 0.1) is 11.0 Å². The summed E-state index contributed by atoms with van der Waals surface area (Å²) in [6, 6.07) is 1.82. The Labute approximate surface area is 146 Å². The van der Waals surface area contributed by atoms with Crippen molar-refractivity contribution in [3.8, 4) is 0 Å². The third kappa shape index (κ3) is 5.52. The summed E-state index contributed by atoms with van der Waals surface area (Å²) in [5, 5.41) is 9.10. The van der Waals surface area contributed by atoms with Gasteiger partial charge in [0.2, 0.25) is 11.8 Å². The van der Waals surface area contributed by atoms with E-state index in [-0.39, 0.29) is 28.9 Å². The number of hydrogen-bond acceptors (Lipinski definition) is 6. The van der Waals surface area contributed by atoms with Crippen LogP contribution in [-0.4, -0.2) is 40.6 Å². The molecule has 1 aliphatic rings. The number of thioether (sulfide) groups is 1. The Kier molecular flexibility index (Phi) is 7.11. The Hall–Kier alpha value is -1.54. The van der Waals surface area contributed by atoms with E-state index >= 15 is 0 Å². The molecule has 3 atom stereocenters. The van der Waals surface area contributed by atoms with Gasteiger partial charge in [0, 0.05) is 12.1 Å². The van der Waals surface area contributed by atoms with Crippen molar-refractivity contribution in [1.29, 1.82) is 0 Å². The van der Waals surface area contributed by atoms with Crippen LogP contribution in [0.1, 0.15) is 38.4 Å². The topological polar surface area (TPSA) is 110 Å². The predicted octanol–water partition coefficient (Wildman–Crippen LogP) is 1.68. The van der Waals surface area contributed by atoms with E-state index in [2.05, 4.69) is 15.8 Å². The highest BCUT2D eigenvalue weighted by Crippen LogP contribution is 2.23. The van der Waals surface area contributed by atoms with Crippen LogP contribution in [0.4, 0.5) is 5.82 Å². The molecule has 7 nitrogen and oxygen atoms in total. The standard InChI is InChI=1S/C16H26N4O3S/c1-10-7-14(20-23-10)19-16(22)11(2)24-9-15(21)18-13-6-4-3-5-12(13)8-17/h7,11-13H,3-6,8-9,17H2,1-2H3,(H,18,21)(H,19,20,22). The number of amides is 2. The third-order valence-electron chi connectivity index (χ3n) is 4.27. The Morgan fingerprint density at radius 2 is 2.21 bits per heavy atom. The molecule has 3 unspecified atom stereocenters. The average molecular weight is 354 g/mol. The molecule has 2 rings (SSSR count). The minimum Gasteiger partial charge on any atom is -0.360 e. The van der Waals surface area contributed by atoms with Crippen LogP contribution < -0.4 is 16.4 Å². The average Bonchev–Trinajstić information content (AvgIpc) is 2.98. The number of nitrogens with two attached hydrogens (primary N) is 1. The fraction of sp³-hybridized carbons (Fsp3) is 0.688. The lowest BCUT2D eigenvalue weighted by molar-refractivity contribution is -0.119. The maximum atomic E-state index is 12.1. The molecule has 134 valence electrons. The molecule has 0 bridgehead atoms. The number of nitrogens with one attached hydrogen (secondary N) is 2. The van der Waals surface area contributed by atoms with Crippen molar-refractivity contribution >= 4 is 29.4 Å². The van der Waals surface area contributed by atoms with Crippen LogP contribution in [-0.2, 0) is 9.59 Å². The van der Waals surface area contributed by atoms with Crippen molar-refractivity contribution in [1.82, 2.24) is 10.5 Å². The molecule has 0 spiro atoms. The van der Waals surface area contributed by atoms with Crippen molar-refractivity contribution in [3.05, 3.63) is 11.8 Å². The first-order valence-corrected chi connectivity index (χ1v) is 9.39. The summed E-state index contributed by atoms with van der Waals surface area (Å²) in [4.78, 5) is 24.2. The van der Waals surface area contributed by atoms with Crippen molar-refractivity contribution in [2.24, 2.45) is 11.7 Å². The number of aryl methyl sites for hydroxylation is 1. The van der Waals surface area contributed by atoms with E-state index in [1.807, 2.05) is 0 Å². The molecule has 1 aromatic heterocycles. The van der Waals surface area contributed by atoms with Crippen LogP contribution in [0.2, 0.25) is 0 Å². The van der Waals surface area contributed by atoms with Crippen molar-refractivity contribution in [3.63, 3.8) is 0 Å². The van der Waals surface area contributed by atoms with Crippen LogP contribution in [0.5, 0.6) is 0 Å². The van der Waals surface area contributed by atoms with Crippen molar-refractivity contribution < 1.29 is 14.1 Å². The zero-order valence-corrected chi connectivity index (χ0v) is 15.0. The molecule has 4 N–H and O–H groups in total. The SMILES string of the molecule is Cc1cc(NC(=O)C(C)SCC(=O)NC2CCCCC2CN)no1. The van der Waals surface area contributed by atoms with Crippen molar-refractivity contribution in [2.45, 2.75) is 50.8 Å². The number of carbonyl (C=O) groups excluding carboxylic acids is 2. The summed E-state index contributed by atoms with van der Waals surface area (Å²) in [6.07, 6.45) is 4.37. The molecule has 0 aliphatic heterocycles.